The van der Waals surface area contributed by atoms with Crippen LogP contribution in [0.25, 0.3) is 22.2 Å². The maximum atomic E-state index is 11.8. The van der Waals surface area contributed by atoms with Gasteiger partial charge in [0.2, 0.25) is 0 Å². The zero-order valence-electron chi connectivity index (χ0n) is 15.3. The van der Waals surface area contributed by atoms with Gasteiger partial charge in [-0.1, -0.05) is 30.3 Å². The molecule has 0 radical (unpaired) electrons. The van der Waals surface area contributed by atoms with Crippen molar-refractivity contribution in [2.45, 2.75) is 31.8 Å². The van der Waals surface area contributed by atoms with Crippen LogP contribution in [-0.2, 0) is 9.53 Å². The van der Waals surface area contributed by atoms with E-state index in [9.17, 15) is 4.79 Å². The van der Waals surface area contributed by atoms with Crippen molar-refractivity contribution in [3.8, 4) is 11.1 Å². The van der Waals surface area contributed by atoms with Crippen LogP contribution in [0.2, 0.25) is 0 Å². The van der Waals surface area contributed by atoms with Gasteiger partial charge in [-0.15, -0.1) is 0 Å². The van der Waals surface area contributed by atoms with Crippen molar-refractivity contribution >= 4 is 22.8 Å². The standard InChI is InChI=1S/C20H23N5O2/c1-2-27-17(26)9-14-8-15(10-22-14)25-11-16(13-6-4-3-5-7-13)18-19(21)23-12-24-20(18)25/h3-7,11-12,14-15,22H,2,8-10H2,1H3,(H2,21,23,24)/t14-,15+/m0/s1. The van der Waals surface area contributed by atoms with Crippen molar-refractivity contribution < 1.29 is 9.53 Å². The molecule has 0 bridgehead atoms. The highest BCUT2D eigenvalue weighted by Gasteiger charge is 2.29. The Hall–Kier alpha value is -2.93. The summed E-state index contributed by atoms with van der Waals surface area (Å²) >= 11 is 0. The summed E-state index contributed by atoms with van der Waals surface area (Å²) in [5.74, 6) is 0.316. The van der Waals surface area contributed by atoms with E-state index in [1.165, 1.54) is 6.33 Å². The molecule has 3 heterocycles. The zero-order chi connectivity index (χ0) is 18.8. The Morgan fingerprint density at radius 1 is 1.33 bits per heavy atom. The van der Waals surface area contributed by atoms with Crippen LogP contribution in [0.3, 0.4) is 0 Å². The van der Waals surface area contributed by atoms with Gasteiger partial charge < -0.3 is 20.4 Å². The Balaban J connectivity index is 1.67. The predicted octanol–water partition coefficient (Wildman–Crippen LogP) is 2.54. The van der Waals surface area contributed by atoms with Crippen LogP contribution < -0.4 is 11.1 Å². The van der Waals surface area contributed by atoms with Crippen LogP contribution in [0, 0.1) is 0 Å². The van der Waals surface area contributed by atoms with Crippen LogP contribution >= 0.6 is 0 Å². The fourth-order valence-corrected chi connectivity index (χ4v) is 3.81. The summed E-state index contributed by atoms with van der Waals surface area (Å²) in [6, 6.07) is 10.4. The molecular weight excluding hydrogens is 342 g/mol. The summed E-state index contributed by atoms with van der Waals surface area (Å²) < 4.78 is 7.23. The summed E-state index contributed by atoms with van der Waals surface area (Å²) in [5.41, 5.74) is 9.12. The second kappa shape index (κ2) is 7.36. The first-order chi connectivity index (χ1) is 13.2. The van der Waals surface area contributed by atoms with Crippen molar-refractivity contribution in [1.82, 2.24) is 19.9 Å². The number of carbonyl (C=O) groups is 1. The van der Waals surface area contributed by atoms with Gasteiger partial charge >= 0.3 is 5.97 Å². The number of aromatic nitrogens is 3. The van der Waals surface area contributed by atoms with E-state index in [4.69, 9.17) is 10.5 Å². The maximum absolute atomic E-state index is 11.8. The van der Waals surface area contributed by atoms with Gasteiger partial charge in [0.25, 0.3) is 0 Å². The van der Waals surface area contributed by atoms with E-state index >= 15 is 0 Å². The summed E-state index contributed by atoms with van der Waals surface area (Å²) in [6.07, 6.45) is 4.82. The molecule has 7 nitrogen and oxygen atoms in total. The van der Waals surface area contributed by atoms with E-state index in [1.807, 2.05) is 25.1 Å². The largest absolute Gasteiger partial charge is 0.466 e. The molecule has 3 N–H and O–H groups in total. The van der Waals surface area contributed by atoms with E-state index in [0.717, 1.165) is 35.1 Å². The smallest absolute Gasteiger partial charge is 0.307 e. The molecule has 27 heavy (non-hydrogen) atoms. The van der Waals surface area contributed by atoms with E-state index in [-0.39, 0.29) is 18.1 Å². The molecule has 1 aliphatic heterocycles. The van der Waals surface area contributed by atoms with Gasteiger partial charge in [-0.3, -0.25) is 4.79 Å². The van der Waals surface area contributed by atoms with Crippen molar-refractivity contribution in [2.75, 3.05) is 18.9 Å². The van der Waals surface area contributed by atoms with Gasteiger partial charge in [0.1, 0.15) is 17.8 Å². The monoisotopic (exact) mass is 365 g/mol. The average molecular weight is 365 g/mol. The van der Waals surface area contributed by atoms with Gasteiger partial charge in [-0.25, -0.2) is 9.97 Å². The number of hydrogen-bond donors (Lipinski definition) is 2. The van der Waals surface area contributed by atoms with Crippen LogP contribution in [0.4, 0.5) is 5.82 Å². The molecule has 3 aromatic rings. The Morgan fingerprint density at radius 2 is 2.15 bits per heavy atom. The molecule has 0 aliphatic carbocycles. The number of ether oxygens (including phenoxy) is 1. The third-order valence-electron chi connectivity index (χ3n) is 5.03. The van der Waals surface area contributed by atoms with E-state index in [1.54, 1.807) is 0 Å². The first-order valence-electron chi connectivity index (χ1n) is 9.22. The minimum Gasteiger partial charge on any atom is -0.466 e. The van der Waals surface area contributed by atoms with Crippen molar-refractivity contribution in [3.05, 3.63) is 42.9 Å². The van der Waals surface area contributed by atoms with Gasteiger partial charge in [0, 0.05) is 30.4 Å². The summed E-state index contributed by atoms with van der Waals surface area (Å²) in [7, 11) is 0. The first-order valence-corrected chi connectivity index (χ1v) is 9.22. The molecule has 1 fully saturated rings. The molecule has 0 amide bonds. The third kappa shape index (κ3) is 3.38. The van der Waals surface area contributed by atoms with E-state index in [2.05, 4.69) is 38.2 Å². The molecule has 1 aliphatic rings. The van der Waals surface area contributed by atoms with Gasteiger partial charge in [-0.05, 0) is 18.9 Å². The fourth-order valence-electron chi connectivity index (χ4n) is 3.81. The van der Waals surface area contributed by atoms with E-state index < -0.39 is 0 Å². The Bertz CT molecular complexity index is 954. The highest BCUT2D eigenvalue weighted by atomic mass is 16.5. The van der Waals surface area contributed by atoms with Crippen LogP contribution in [0.5, 0.6) is 0 Å². The zero-order valence-corrected chi connectivity index (χ0v) is 15.3. The molecule has 4 rings (SSSR count). The summed E-state index contributed by atoms with van der Waals surface area (Å²) in [5, 5.41) is 4.30. The summed E-state index contributed by atoms with van der Waals surface area (Å²) in [6.45, 7) is 3.00. The van der Waals surface area contributed by atoms with Crippen LogP contribution in [0.15, 0.2) is 42.9 Å². The molecule has 1 saturated heterocycles. The quantitative estimate of drug-likeness (QED) is 0.675. The topological polar surface area (TPSA) is 95.1 Å². The Morgan fingerprint density at radius 3 is 2.93 bits per heavy atom. The second-order valence-corrected chi connectivity index (χ2v) is 6.78. The lowest BCUT2D eigenvalue weighted by atomic mass is 10.1. The minimum absolute atomic E-state index is 0.103. The number of benzene rings is 1. The lowest BCUT2D eigenvalue weighted by Gasteiger charge is -2.13. The number of fused-ring (bicyclic) bond motifs is 1. The number of carbonyl (C=O) groups excluding carboxylic acids is 1. The number of anilines is 1. The number of hydrogen-bond acceptors (Lipinski definition) is 6. The molecule has 0 saturated carbocycles. The molecular formula is C20H23N5O2. The number of nitrogens with two attached hydrogens (primary N) is 1. The molecule has 0 unspecified atom stereocenters. The van der Waals surface area contributed by atoms with E-state index in [0.29, 0.717) is 18.8 Å². The highest BCUT2D eigenvalue weighted by Crippen LogP contribution is 2.36. The lowest BCUT2D eigenvalue weighted by molar-refractivity contribution is -0.143. The lowest BCUT2D eigenvalue weighted by Crippen LogP contribution is -2.25. The molecule has 2 atom stereocenters. The van der Waals surface area contributed by atoms with Crippen molar-refractivity contribution in [1.29, 1.82) is 0 Å². The Kier molecular flexibility index (Phi) is 4.77. The minimum atomic E-state index is -0.162. The SMILES string of the molecule is CCOC(=O)C[C@@H]1C[C@@H](n2cc(-c3ccccc3)c3c(N)ncnc32)CN1. The molecule has 140 valence electrons. The average Bonchev–Trinajstić information content (AvgIpc) is 3.28. The normalized spacial score (nSPS) is 19.4. The van der Waals surface area contributed by atoms with Crippen molar-refractivity contribution in [2.24, 2.45) is 0 Å². The number of esters is 1. The third-order valence-corrected chi connectivity index (χ3v) is 5.03. The number of nitrogen functional groups attached to an aromatic ring is 1. The Labute approximate surface area is 157 Å². The number of nitrogens with zero attached hydrogens (tertiary/aromatic N) is 3. The molecule has 7 heteroatoms. The number of nitrogens with one attached hydrogen (secondary N) is 1. The summed E-state index contributed by atoms with van der Waals surface area (Å²) in [4.78, 5) is 20.5. The fraction of sp³-hybridized carbons (Fsp3) is 0.350. The molecule has 2 aromatic heterocycles. The predicted molar refractivity (Wildman–Crippen MR) is 104 cm³/mol. The van der Waals surface area contributed by atoms with Gasteiger partial charge in [-0.2, -0.15) is 0 Å². The first kappa shape index (κ1) is 17.5. The van der Waals surface area contributed by atoms with Crippen molar-refractivity contribution in [3.63, 3.8) is 0 Å². The molecule has 1 aromatic carbocycles. The maximum Gasteiger partial charge on any atom is 0.307 e. The highest BCUT2D eigenvalue weighted by molar-refractivity contribution is 6.00. The van der Waals surface area contributed by atoms with Gasteiger partial charge in [0.15, 0.2) is 0 Å². The second-order valence-electron chi connectivity index (χ2n) is 6.78. The number of rotatable bonds is 5. The molecule has 0 spiro atoms. The van der Waals surface area contributed by atoms with Crippen LogP contribution in [-0.4, -0.2) is 39.7 Å². The van der Waals surface area contributed by atoms with Crippen LogP contribution in [0.1, 0.15) is 25.8 Å². The van der Waals surface area contributed by atoms with Gasteiger partial charge in [0.05, 0.1) is 18.4 Å².